The van der Waals surface area contributed by atoms with Crippen LogP contribution in [0.15, 0.2) is 42.9 Å². The van der Waals surface area contributed by atoms with Gasteiger partial charge < -0.3 is 9.84 Å². The average molecular weight is 307 g/mol. The highest BCUT2D eigenvalue weighted by molar-refractivity contribution is 5.82. The maximum Gasteiger partial charge on any atom is 0.325 e. The molecule has 3 aromatic heterocycles. The van der Waals surface area contributed by atoms with Crippen molar-refractivity contribution in [2.24, 2.45) is 0 Å². The number of hydrogen-bond acceptors (Lipinski definition) is 6. The van der Waals surface area contributed by atoms with E-state index in [0.717, 1.165) is 17.4 Å². The van der Waals surface area contributed by atoms with Crippen molar-refractivity contribution in [3.05, 3.63) is 42.9 Å². The first kappa shape index (κ1) is 13.4. The van der Waals surface area contributed by atoms with Crippen LogP contribution in [0.4, 0.5) is 0 Å². The Balaban J connectivity index is 1.72. The van der Waals surface area contributed by atoms with Gasteiger partial charge in [0.25, 0.3) is 0 Å². The third-order valence-electron chi connectivity index (χ3n) is 3.58. The number of rotatable bonds is 3. The molecule has 0 saturated heterocycles. The van der Waals surface area contributed by atoms with Crippen molar-refractivity contribution in [3.8, 4) is 17.6 Å². The van der Waals surface area contributed by atoms with E-state index < -0.39 is 0 Å². The largest absolute Gasteiger partial charge is 0.493 e. The van der Waals surface area contributed by atoms with Gasteiger partial charge in [0.1, 0.15) is 5.75 Å². The summed E-state index contributed by atoms with van der Waals surface area (Å²) < 4.78 is 7.58. The summed E-state index contributed by atoms with van der Waals surface area (Å²) in [6.45, 7) is 2.84. The van der Waals surface area contributed by atoms with Crippen LogP contribution in [0.1, 0.15) is 6.92 Å². The summed E-state index contributed by atoms with van der Waals surface area (Å²) >= 11 is 0. The van der Waals surface area contributed by atoms with Crippen molar-refractivity contribution in [1.82, 2.24) is 24.7 Å². The van der Waals surface area contributed by atoms with Crippen molar-refractivity contribution in [1.29, 1.82) is 0 Å². The normalized spacial score (nSPS) is 11.2. The molecular weight excluding hydrogens is 294 g/mol. The maximum absolute atomic E-state index is 9.96. The topological polar surface area (TPSA) is 86.0 Å². The first-order chi connectivity index (χ1) is 11.2. The van der Waals surface area contributed by atoms with Crippen LogP contribution in [0.5, 0.6) is 17.6 Å². The molecule has 0 aliphatic rings. The fraction of sp³-hybridized carbons (Fsp3) is 0.125. The Bertz CT molecular complexity index is 1010. The van der Waals surface area contributed by atoms with E-state index in [-0.39, 0.29) is 11.9 Å². The molecule has 0 amide bonds. The van der Waals surface area contributed by atoms with Crippen molar-refractivity contribution >= 4 is 21.8 Å². The summed E-state index contributed by atoms with van der Waals surface area (Å²) in [7, 11) is 0. The van der Waals surface area contributed by atoms with Crippen molar-refractivity contribution in [2.45, 2.75) is 13.5 Å². The smallest absolute Gasteiger partial charge is 0.325 e. The number of aryl methyl sites for hydroxylation is 1. The lowest BCUT2D eigenvalue weighted by Crippen LogP contribution is -1.95. The lowest BCUT2D eigenvalue weighted by molar-refractivity contribution is 0.412. The molecule has 0 fully saturated rings. The Morgan fingerprint density at radius 3 is 2.96 bits per heavy atom. The van der Waals surface area contributed by atoms with E-state index >= 15 is 0 Å². The van der Waals surface area contributed by atoms with Crippen molar-refractivity contribution in [2.75, 3.05) is 0 Å². The highest BCUT2D eigenvalue weighted by Crippen LogP contribution is 2.27. The molecule has 0 aliphatic heterocycles. The molecule has 7 nitrogen and oxygen atoms in total. The van der Waals surface area contributed by atoms with E-state index in [1.165, 1.54) is 0 Å². The Morgan fingerprint density at radius 2 is 2.09 bits per heavy atom. The van der Waals surface area contributed by atoms with E-state index in [2.05, 4.69) is 20.1 Å². The summed E-state index contributed by atoms with van der Waals surface area (Å²) in [5.41, 5.74) is 1.56. The van der Waals surface area contributed by atoms with E-state index in [1.54, 1.807) is 24.7 Å². The summed E-state index contributed by atoms with van der Waals surface area (Å²) in [6, 6.07) is 7.35. The fourth-order valence-electron chi connectivity index (χ4n) is 2.47. The SMILES string of the molecule is CCn1ncc2cc(Oc3nc(O)c4ccncc4n3)ccc21. The molecule has 0 spiro atoms. The van der Waals surface area contributed by atoms with Gasteiger partial charge in [-0.3, -0.25) is 9.67 Å². The van der Waals surface area contributed by atoms with Gasteiger partial charge in [-0.15, -0.1) is 0 Å². The summed E-state index contributed by atoms with van der Waals surface area (Å²) in [6.07, 6.45) is 4.91. The monoisotopic (exact) mass is 307 g/mol. The fourth-order valence-corrected chi connectivity index (χ4v) is 2.47. The van der Waals surface area contributed by atoms with Gasteiger partial charge >= 0.3 is 6.01 Å². The number of aromatic hydroxyl groups is 1. The van der Waals surface area contributed by atoms with Crippen LogP contribution in [0.3, 0.4) is 0 Å². The second kappa shape index (κ2) is 5.20. The number of pyridine rings is 1. The van der Waals surface area contributed by atoms with Gasteiger partial charge in [-0.1, -0.05) is 0 Å². The van der Waals surface area contributed by atoms with E-state index in [1.807, 2.05) is 29.8 Å². The number of benzene rings is 1. The molecule has 0 bridgehead atoms. The first-order valence-corrected chi connectivity index (χ1v) is 7.19. The highest BCUT2D eigenvalue weighted by Gasteiger charge is 2.09. The molecule has 0 radical (unpaired) electrons. The van der Waals surface area contributed by atoms with Crippen LogP contribution in [0.25, 0.3) is 21.8 Å². The first-order valence-electron chi connectivity index (χ1n) is 7.19. The zero-order valence-corrected chi connectivity index (χ0v) is 12.3. The predicted octanol–water partition coefficient (Wildman–Crippen LogP) is 2.89. The summed E-state index contributed by atoms with van der Waals surface area (Å²) in [5, 5.41) is 15.8. The lowest BCUT2D eigenvalue weighted by atomic mass is 10.2. The zero-order valence-electron chi connectivity index (χ0n) is 12.3. The Hall–Kier alpha value is -3.22. The zero-order chi connectivity index (χ0) is 15.8. The quantitative estimate of drug-likeness (QED) is 0.626. The summed E-state index contributed by atoms with van der Waals surface area (Å²) in [4.78, 5) is 12.2. The lowest BCUT2D eigenvalue weighted by Gasteiger charge is -2.06. The molecule has 0 aliphatic carbocycles. The van der Waals surface area contributed by atoms with Crippen LogP contribution < -0.4 is 4.74 Å². The van der Waals surface area contributed by atoms with Gasteiger partial charge in [0.15, 0.2) is 0 Å². The second-order valence-corrected chi connectivity index (χ2v) is 5.01. The van der Waals surface area contributed by atoms with Crippen LogP contribution in [0.2, 0.25) is 0 Å². The maximum atomic E-state index is 9.96. The molecule has 7 heteroatoms. The molecule has 0 atom stereocenters. The van der Waals surface area contributed by atoms with Gasteiger partial charge in [0, 0.05) is 18.1 Å². The number of fused-ring (bicyclic) bond motifs is 2. The minimum absolute atomic E-state index is 0.0743. The second-order valence-electron chi connectivity index (χ2n) is 5.01. The Morgan fingerprint density at radius 1 is 1.17 bits per heavy atom. The van der Waals surface area contributed by atoms with Crippen LogP contribution in [-0.2, 0) is 6.54 Å². The van der Waals surface area contributed by atoms with Gasteiger partial charge in [-0.25, -0.2) is 0 Å². The van der Waals surface area contributed by atoms with Crippen LogP contribution in [0, 0.1) is 0 Å². The van der Waals surface area contributed by atoms with Crippen molar-refractivity contribution < 1.29 is 9.84 Å². The molecule has 1 aromatic carbocycles. The molecule has 4 rings (SSSR count). The number of nitrogens with zero attached hydrogens (tertiary/aromatic N) is 5. The van der Waals surface area contributed by atoms with E-state index in [4.69, 9.17) is 4.74 Å². The van der Waals surface area contributed by atoms with Gasteiger partial charge in [0.05, 0.1) is 28.8 Å². The van der Waals surface area contributed by atoms with Crippen LogP contribution in [-0.4, -0.2) is 29.8 Å². The minimum Gasteiger partial charge on any atom is -0.493 e. The van der Waals surface area contributed by atoms with Gasteiger partial charge in [-0.2, -0.15) is 15.1 Å². The standard InChI is InChI=1S/C16H13N5O2/c1-2-21-14-4-3-11(7-10(14)8-18-21)23-16-19-13-9-17-6-5-12(13)15(22)20-16/h3-9H,2H2,1H3,(H,19,20,22). The van der Waals surface area contributed by atoms with Gasteiger partial charge in [-0.05, 0) is 31.2 Å². The highest BCUT2D eigenvalue weighted by atomic mass is 16.5. The molecule has 4 aromatic rings. The van der Waals surface area contributed by atoms with E-state index in [9.17, 15) is 5.11 Å². The minimum atomic E-state index is -0.132. The van der Waals surface area contributed by atoms with E-state index in [0.29, 0.717) is 16.7 Å². The third kappa shape index (κ3) is 2.32. The predicted molar refractivity (Wildman–Crippen MR) is 84.5 cm³/mol. The Labute approximate surface area is 131 Å². The van der Waals surface area contributed by atoms with Crippen molar-refractivity contribution in [3.63, 3.8) is 0 Å². The molecular formula is C16H13N5O2. The molecule has 1 N–H and O–H groups in total. The molecule has 23 heavy (non-hydrogen) atoms. The number of ether oxygens (including phenoxy) is 1. The summed E-state index contributed by atoms with van der Waals surface area (Å²) in [5.74, 6) is 0.447. The third-order valence-corrected chi connectivity index (χ3v) is 3.58. The number of aromatic nitrogens is 5. The van der Waals surface area contributed by atoms with Crippen LogP contribution >= 0.6 is 0 Å². The van der Waals surface area contributed by atoms with Gasteiger partial charge in [0.2, 0.25) is 5.88 Å². The molecule has 0 unspecified atom stereocenters. The molecule has 3 heterocycles. The molecule has 0 saturated carbocycles. The number of hydrogen-bond donors (Lipinski definition) is 1. The Kier molecular flexibility index (Phi) is 3.04. The average Bonchev–Trinajstić information content (AvgIpc) is 2.97. The molecule has 114 valence electrons.